The fourth-order valence-electron chi connectivity index (χ4n) is 2.21. The number of benzene rings is 2. The number of aryl methyl sites for hydroxylation is 2. The molecule has 88 valence electrons. The topological polar surface area (TPSA) is 26.0 Å². The first-order chi connectivity index (χ1) is 8.16. The second-order valence-corrected chi connectivity index (χ2v) is 4.66. The van der Waals surface area contributed by atoms with E-state index in [4.69, 9.17) is 5.73 Å². The van der Waals surface area contributed by atoms with Crippen LogP contribution in [0.2, 0.25) is 0 Å². The summed E-state index contributed by atoms with van der Waals surface area (Å²) in [5.74, 6) is 0. The van der Waals surface area contributed by atoms with E-state index in [0.29, 0.717) is 0 Å². The van der Waals surface area contributed by atoms with Crippen molar-refractivity contribution in [3.8, 4) is 0 Å². The molecular weight excluding hydrogens is 206 g/mol. The molecule has 1 atom stereocenters. The van der Waals surface area contributed by atoms with E-state index in [1.807, 2.05) is 0 Å². The van der Waals surface area contributed by atoms with Crippen molar-refractivity contribution in [3.63, 3.8) is 0 Å². The Labute approximate surface area is 103 Å². The number of hydrogen-bond donors (Lipinski definition) is 1. The third-order valence-corrected chi connectivity index (χ3v) is 3.13. The highest BCUT2D eigenvalue weighted by atomic mass is 14.6. The first kappa shape index (κ1) is 11.9. The molecule has 2 rings (SSSR count). The quantitative estimate of drug-likeness (QED) is 0.849. The Kier molecular flexibility index (Phi) is 3.60. The molecule has 0 saturated carbocycles. The van der Waals surface area contributed by atoms with E-state index in [0.717, 1.165) is 6.42 Å². The molecule has 0 aliphatic rings. The van der Waals surface area contributed by atoms with Crippen LogP contribution in [0.5, 0.6) is 0 Å². The molecule has 0 radical (unpaired) electrons. The molecule has 2 aromatic carbocycles. The molecule has 2 N–H and O–H groups in total. The Morgan fingerprint density at radius 2 is 1.76 bits per heavy atom. The molecule has 1 heteroatoms. The predicted molar refractivity (Wildman–Crippen MR) is 73.0 cm³/mol. The molecule has 0 fully saturated rings. The van der Waals surface area contributed by atoms with Crippen molar-refractivity contribution in [2.45, 2.75) is 26.3 Å². The van der Waals surface area contributed by atoms with Crippen molar-refractivity contribution in [1.82, 2.24) is 0 Å². The minimum atomic E-state index is 0.0815. The zero-order valence-electron chi connectivity index (χ0n) is 10.5. The predicted octanol–water partition coefficient (Wildman–Crippen LogP) is 3.55. The lowest BCUT2D eigenvalue weighted by Gasteiger charge is -2.15. The van der Waals surface area contributed by atoms with Gasteiger partial charge >= 0.3 is 0 Å². The molecular formula is C16H19N. The summed E-state index contributed by atoms with van der Waals surface area (Å²) in [6.45, 7) is 4.23. The maximum Gasteiger partial charge on any atom is 0.0338 e. The molecule has 0 spiro atoms. The van der Waals surface area contributed by atoms with Crippen LogP contribution in [0.15, 0.2) is 48.5 Å². The van der Waals surface area contributed by atoms with Gasteiger partial charge in [0.1, 0.15) is 0 Å². The molecule has 2 aromatic rings. The van der Waals surface area contributed by atoms with Gasteiger partial charge in [-0.05, 0) is 37.0 Å². The SMILES string of the molecule is Cc1cccc(CC(N)c2ccccc2C)c1. The largest absolute Gasteiger partial charge is 0.324 e. The minimum absolute atomic E-state index is 0.0815. The maximum absolute atomic E-state index is 6.28. The number of rotatable bonds is 3. The standard InChI is InChI=1S/C16H19N/c1-12-6-5-8-14(10-12)11-16(17)15-9-4-3-7-13(15)2/h3-10,16H,11,17H2,1-2H3. The first-order valence-electron chi connectivity index (χ1n) is 6.03. The van der Waals surface area contributed by atoms with Crippen molar-refractivity contribution in [2.75, 3.05) is 0 Å². The van der Waals surface area contributed by atoms with E-state index >= 15 is 0 Å². The highest BCUT2D eigenvalue weighted by Crippen LogP contribution is 2.19. The molecule has 0 bridgehead atoms. The monoisotopic (exact) mass is 225 g/mol. The van der Waals surface area contributed by atoms with E-state index in [2.05, 4.69) is 62.4 Å². The van der Waals surface area contributed by atoms with Gasteiger partial charge in [0.25, 0.3) is 0 Å². The van der Waals surface area contributed by atoms with Crippen molar-refractivity contribution < 1.29 is 0 Å². The second-order valence-electron chi connectivity index (χ2n) is 4.66. The van der Waals surface area contributed by atoms with E-state index < -0.39 is 0 Å². The van der Waals surface area contributed by atoms with Crippen LogP contribution in [0.25, 0.3) is 0 Å². The smallest absolute Gasteiger partial charge is 0.0338 e. The average molecular weight is 225 g/mol. The third-order valence-electron chi connectivity index (χ3n) is 3.13. The van der Waals surface area contributed by atoms with Gasteiger partial charge in [-0.25, -0.2) is 0 Å². The van der Waals surface area contributed by atoms with E-state index in [-0.39, 0.29) is 6.04 Å². The lowest BCUT2D eigenvalue weighted by molar-refractivity contribution is 0.716. The van der Waals surface area contributed by atoms with Gasteiger partial charge in [-0.3, -0.25) is 0 Å². The summed E-state index contributed by atoms with van der Waals surface area (Å²) >= 11 is 0. The van der Waals surface area contributed by atoms with Gasteiger partial charge < -0.3 is 5.73 Å². The van der Waals surface area contributed by atoms with Crippen molar-refractivity contribution in [3.05, 3.63) is 70.8 Å². The second kappa shape index (κ2) is 5.15. The van der Waals surface area contributed by atoms with Crippen LogP contribution >= 0.6 is 0 Å². The Morgan fingerprint density at radius 1 is 1.00 bits per heavy atom. The fraction of sp³-hybridized carbons (Fsp3) is 0.250. The van der Waals surface area contributed by atoms with E-state index in [1.165, 1.54) is 22.3 Å². The number of nitrogens with two attached hydrogens (primary N) is 1. The summed E-state index contributed by atoms with van der Waals surface area (Å²) in [6, 6.07) is 17.0. The van der Waals surface area contributed by atoms with Crippen molar-refractivity contribution >= 4 is 0 Å². The Hall–Kier alpha value is -1.60. The fourth-order valence-corrected chi connectivity index (χ4v) is 2.21. The molecule has 0 saturated heterocycles. The molecule has 1 nitrogen and oxygen atoms in total. The summed E-state index contributed by atoms with van der Waals surface area (Å²) in [7, 11) is 0. The van der Waals surface area contributed by atoms with Crippen LogP contribution in [0.3, 0.4) is 0 Å². The molecule has 17 heavy (non-hydrogen) atoms. The highest BCUT2D eigenvalue weighted by Gasteiger charge is 2.09. The highest BCUT2D eigenvalue weighted by molar-refractivity contribution is 5.31. The van der Waals surface area contributed by atoms with Gasteiger partial charge in [-0.15, -0.1) is 0 Å². The summed E-state index contributed by atoms with van der Waals surface area (Å²) in [4.78, 5) is 0. The van der Waals surface area contributed by atoms with Crippen LogP contribution in [0, 0.1) is 13.8 Å². The molecule has 0 aliphatic carbocycles. The van der Waals surface area contributed by atoms with Crippen molar-refractivity contribution in [1.29, 1.82) is 0 Å². The van der Waals surface area contributed by atoms with E-state index in [1.54, 1.807) is 0 Å². The summed E-state index contributed by atoms with van der Waals surface area (Å²) < 4.78 is 0. The summed E-state index contributed by atoms with van der Waals surface area (Å²) in [5, 5.41) is 0. The summed E-state index contributed by atoms with van der Waals surface area (Å²) in [6.07, 6.45) is 0.895. The van der Waals surface area contributed by atoms with Crippen LogP contribution in [-0.4, -0.2) is 0 Å². The molecule has 0 amide bonds. The first-order valence-corrected chi connectivity index (χ1v) is 6.03. The van der Waals surface area contributed by atoms with Gasteiger partial charge in [0.2, 0.25) is 0 Å². The maximum atomic E-state index is 6.28. The molecule has 0 aromatic heterocycles. The molecule has 1 unspecified atom stereocenters. The van der Waals surface area contributed by atoms with Crippen LogP contribution in [0.1, 0.15) is 28.3 Å². The van der Waals surface area contributed by atoms with Crippen molar-refractivity contribution in [2.24, 2.45) is 5.73 Å². The molecule has 0 heterocycles. The molecule has 0 aliphatic heterocycles. The lowest BCUT2D eigenvalue weighted by atomic mass is 9.95. The normalized spacial score (nSPS) is 12.4. The van der Waals surface area contributed by atoms with Gasteiger partial charge in [0.15, 0.2) is 0 Å². The minimum Gasteiger partial charge on any atom is -0.324 e. The zero-order chi connectivity index (χ0) is 12.3. The lowest BCUT2D eigenvalue weighted by Crippen LogP contribution is -2.14. The van der Waals surface area contributed by atoms with Gasteiger partial charge in [0.05, 0.1) is 0 Å². The Balaban J connectivity index is 2.17. The Morgan fingerprint density at radius 3 is 2.47 bits per heavy atom. The van der Waals surface area contributed by atoms with Gasteiger partial charge in [-0.1, -0.05) is 54.1 Å². The number of hydrogen-bond acceptors (Lipinski definition) is 1. The average Bonchev–Trinajstić information content (AvgIpc) is 2.29. The van der Waals surface area contributed by atoms with Crippen LogP contribution in [0.4, 0.5) is 0 Å². The zero-order valence-corrected chi connectivity index (χ0v) is 10.5. The summed E-state index contributed by atoms with van der Waals surface area (Å²) in [5.41, 5.74) is 11.4. The van der Waals surface area contributed by atoms with Crippen LogP contribution < -0.4 is 5.73 Å². The van der Waals surface area contributed by atoms with Crippen LogP contribution in [-0.2, 0) is 6.42 Å². The third kappa shape index (κ3) is 2.95. The van der Waals surface area contributed by atoms with Gasteiger partial charge in [-0.2, -0.15) is 0 Å². The van der Waals surface area contributed by atoms with E-state index in [9.17, 15) is 0 Å². The Bertz CT molecular complexity index is 502. The van der Waals surface area contributed by atoms with Gasteiger partial charge in [0, 0.05) is 6.04 Å².